The van der Waals surface area contributed by atoms with Crippen LogP contribution < -0.4 is 4.90 Å². The highest BCUT2D eigenvalue weighted by atomic mass is 32.1. The van der Waals surface area contributed by atoms with Crippen LogP contribution in [0.1, 0.15) is 24.4 Å². The largest absolute Gasteiger partial charge is 0.390 e. The predicted octanol–water partition coefficient (Wildman–Crippen LogP) is 0.699. The zero-order valence-corrected chi connectivity index (χ0v) is 11.0. The summed E-state index contributed by atoms with van der Waals surface area (Å²) < 4.78 is 5.29. The van der Waals surface area contributed by atoms with E-state index in [1.54, 1.807) is 13.8 Å². The van der Waals surface area contributed by atoms with E-state index in [9.17, 15) is 10.2 Å². The van der Waals surface area contributed by atoms with Crippen molar-refractivity contribution in [2.75, 3.05) is 31.2 Å². The third-order valence-corrected chi connectivity index (χ3v) is 4.14. The Bertz CT molecular complexity index is 381. The fraction of sp³-hybridized carbons (Fsp3) is 0.727. The van der Waals surface area contributed by atoms with Crippen LogP contribution in [0.25, 0.3) is 0 Å². The Kier molecular flexibility index (Phi) is 3.67. The van der Waals surface area contributed by atoms with Crippen LogP contribution in [0.5, 0.6) is 0 Å². The van der Waals surface area contributed by atoms with Gasteiger partial charge in [0.05, 0.1) is 36.0 Å². The van der Waals surface area contributed by atoms with E-state index < -0.39 is 5.60 Å². The molecule has 0 bridgehead atoms. The third kappa shape index (κ3) is 2.77. The number of nitrogens with zero attached hydrogens (tertiary/aromatic N) is 2. The van der Waals surface area contributed by atoms with Gasteiger partial charge in [0.15, 0.2) is 5.13 Å². The smallest absolute Gasteiger partial charge is 0.186 e. The van der Waals surface area contributed by atoms with Gasteiger partial charge in [0.1, 0.15) is 0 Å². The van der Waals surface area contributed by atoms with Gasteiger partial charge in [0, 0.05) is 13.1 Å². The van der Waals surface area contributed by atoms with Crippen molar-refractivity contribution in [2.45, 2.75) is 26.1 Å². The maximum Gasteiger partial charge on any atom is 0.186 e. The predicted molar refractivity (Wildman–Crippen MR) is 66.3 cm³/mol. The molecule has 0 saturated carbocycles. The average molecular weight is 258 g/mol. The standard InChI is InChI=1S/C11H18N2O3S/c1-11(2,15)9-8(7-14)12-10(17-9)13-3-5-16-6-4-13/h14-15H,3-7H2,1-2H3. The molecule has 0 spiro atoms. The molecule has 0 atom stereocenters. The summed E-state index contributed by atoms with van der Waals surface area (Å²) in [5.41, 5.74) is -0.385. The van der Waals surface area contributed by atoms with Crippen molar-refractivity contribution in [1.29, 1.82) is 0 Å². The summed E-state index contributed by atoms with van der Waals surface area (Å²) in [6.07, 6.45) is 0. The lowest BCUT2D eigenvalue weighted by Crippen LogP contribution is -2.36. The number of aliphatic hydroxyl groups excluding tert-OH is 1. The highest BCUT2D eigenvalue weighted by Crippen LogP contribution is 2.34. The summed E-state index contributed by atoms with van der Waals surface area (Å²) in [5, 5.41) is 20.2. The lowest BCUT2D eigenvalue weighted by Gasteiger charge is -2.26. The number of anilines is 1. The quantitative estimate of drug-likeness (QED) is 0.835. The normalized spacial score (nSPS) is 17.5. The molecule has 0 unspecified atom stereocenters. The van der Waals surface area contributed by atoms with E-state index in [0.717, 1.165) is 23.1 Å². The van der Waals surface area contributed by atoms with Crippen LogP contribution in [0.3, 0.4) is 0 Å². The van der Waals surface area contributed by atoms with Gasteiger partial charge in [-0.3, -0.25) is 0 Å². The Morgan fingerprint density at radius 1 is 1.41 bits per heavy atom. The molecule has 0 aromatic carbocycles. The van der Waals surface area contributed by atoms with E-state index in [2.05, 4.69) is 9.88 Å². The van der Waals surface area contributed by atoms with Gasteiger partial charge in [0.25, 0.3) is 0 Å². The minimum Gasteiger partial charge on any atom is -0.390 e. The second-order valence-electron chi connectivity index (χ2n) is 4.59. The molecule has 0 amide bonds. The molecular formula is C11H18N2O3S. The SMILES string of the molecule is CC(C)(O)c1sc(N2CCOCC2)nc1CO. The maximum absolute atomic E-state index is 10.0. The minimum atomic E-state index is -0.958. The topological polar surface area (TPSA) is 65.8 Å². The van der Waals surface area contributed by atoms with Crippen molar-refractivity contribution >= 4 is 16.5 Å². The van der Waals surface area contributed by atoms with Crippen molar-refractivity contribution < 1.29 is 14.9 Å². The van der Waals surface area contributed by atoms with Gasteiger partial charge in [0.2, 0.25) is 0 Å². The van der Waals surface area contributed by atoms with Crippen molar-refractivity contribution in [2.24, 2.45) is 0 Å². The summed E-state index contributed by atoms with van der Waals surface area (Å²) >= 11 is 1.45. The first kappa shape index (κ1) is 12.8. The molecule has 6 heteroatoms. The van der Waals surface area contributed by atoms with E-state index in [1.807, 2.05) is 0 Å². The highest BCUT2D eigenvalue weighted by molar-refractivity contribution is 7.15. The fourth-order valence-corrected chi connectivity index (χ4v) is 2.94. The van der Waals surface area contributed by atoms with Gasteiger partial charge >= 0.3 is 0 Å². The second-order valence-corrected chi connectivity index (χ2v) is 5.57. The Hall–Kier alpha value is -0.690. The van der Waals surface area contributed by atoms with Gasteiger partial charge in [-0.1, -0.05) is 11.3 Å². The third-order valence-electron chi connectivity index (χ3n) is 2.67. The van der Waals surface area contributed by atoms with E-state index >= 15 is 0 Å². The first-order valence-corrected chi connectivity index (χ1v) is 6.50. The molecule has 0 radical (unpaired) electrons. The molecule has 2 heterocycles. The number of rotatable bonds is 3. The van der Waals surface area contributed by atoms with Crippen LogP contribution in [0, 0.1) is 0 Å². The Morgan fingerprint density at radius 2 is 2.06 bits per heavy atom. The van der Waals surface area contributed by atoms with Crippen molar-refractivity contribution in [3.05, 3.63) is 10.6 Å². The lowest BCUT2D eigenvalue weighted by atomic mass is 10.1. The molecule has 1 aliphatic rings. The maximum atomic E-state index is 10.0. The fourth-order valence-electron chi connectivity index (χ4n) is 1.81. The molecule has 1 aromatic heterocycles. The molecule has 2 N–H and O–H groups in total. The summed E-state index contributed by atoms with van der Waals surface area (Å²) in [6.45, 7) is 6.30. The van der Waals surface area contributed by atoms with Crippen molar-refractivity contribution in [3.63, 3.8) is 0 Å². The Morgan fingerprint density at radius 3 is 2.53 bits per heavy atom. The van der Waals surface area contributed by atoms with Gasteiger partial charge in [-0.2, -0.15) is 0 Å². The van der Waals surface area contributed by atoms with Gasteiger partial charge in [-0.05, 0) is 13.8 Å². The molecule has 0 aliphatic carbocycles. The molecular weight excluding hydrogens is 240 g/mol. The molecule has 5 nitrogen and oxygen atoms in total. The number of ether oxygens (including phenoxy) is 1. The Labute approximate surface area is 105 Å². The zero-order chi connectivity index (χ0) is 12.5. The summed E-state index contributed by atoms with van der Waals surface area (Å²) in [7, 11) is 0. The molecule has 1 saturated heterocycles. The number of aromatic nitrogens is 1. The lowest BCUT2D eigenvalue weighted by molar-refractivity contribution is 0.0796. The monoisotopic (exact) mass is 258 g/mol. The zero-order valence-electron chi connectivity index (χ0n) is 10.1. The van der Waals surface area contributed by atoms with Crippen LogP contribution in [0.4, 0.5) is 5.13 Å². The number of hydrogen-bond donors (Lipinski definition) is 2. The number of hydrogen-bond acceptors (Lipinski definition) is 6. The van der Waals surface area contributed by atoms with Crippen LogP contribution in [0.2, 0.25) is 0 Å². The first-order valence-electron chi connectivity index (χ1n) is 5.68. The van der Waals surface area contributed by atoms with E-state index in [0.29, 0.717) is 18.9 Å². The minimum absolute atomic E-state index is 0.139. The molecule has 2 rings (SSSR count). The van der Waals surface area contributed by atoms with E-state index in [-0.39, 0.29) is 6.61 Å². The number of morpholine rings is 1. The first-order chi connectivity index (χ1) is 8.02. The van der Waals surface area contributed by atoms with Crippen molar-refractivity contribution in [1.82, 2.24) is 4.98 Å². The van der Waals surface area contributed by atoms with Gasteiger partial charge in [-0.15, -0.1) is 0 Å². The van der Waals surface area contributed by atoms with E-state index in [4.69, 9.17) is 4.74 Å². The number of thiazole rings is 1. The van der Waals surface area contributed by atoms with Gasteiger partial charge < -0.3 is 19.8 Å². The molecule has 1 aliphatic heterocycles. The van der Waals surface area contributed by atoms with Crippen molar-refractivity contribution in [3.8, 4) is 0 Å². The van der Waals surface area contributed by atoms with Gasteiger partial charge in [-0.25, -0.2) is 4.98 Å². The average Bonchev–Trinajstić information content (AvgIpc) is 2.74. The summed E-state index contributed by atoms with van der Waals surface area (Å²) in [4.78, 5) is 7.26. The number of aliphatic hydroxyl groups is 2. The highest BCUT2D eigenvalue weighted by Gasteiger charge is 2.26. The van der Waals surface area contributed by atoms with Crippen LogP contribution >= 0.6 is 11.3 Å². The summed E-state index contributed by atoms with van der Waals surface area (Å²) in [6, 6.07) is 0. The molecule has 96 valence electrons. The molecule has 1 aromatic rings. The van der Waals surface area contributed by atoms with Crippen LogP contribution in [-0.2, 0) is 16.9 Å². The Balaban J connectivity index is 2.27. The van der Waals surface area contributed by atoms with Crippen LogP contribution in [-0.4, -0.2) is 41.5 Å². The summed E-state index contributed by atoms with van der Waals surface area (Å²) in [5.74, 6) is 0. The van der Waals surface area contributed by atoms with Crippen LogP contribution in [0.15, 0.2) is 0 Å². The molecule has 17 heavy (non-hydrogen) atoms. The van der Waals surface area contributed by atoms with E-state index in [1.165, 1.54) is 11.3 Å². The second kappa shape index (κ2) is 4.89. The molecule has 1 fully saturated rings.